The Morgan fingerprint density at radius 2 is 1.00 bits per heavy atom. The first-order valence-electron chi connectivity index (χ1n) is 5.38. The fourth-order valence-corrected chi connectivity index (χ4v) is 6.56. The molecule has 2 saturated heterocycles. The Labute approximate surface area is 119 Å². The highest BCUT2D eigenvalue weighted by atomic mass is 32.2. The third kappa shape index (κ3) is 2.43. The quantitative estimate of drug-likeness (QED) is 0.710. The molecule has 8 heteroatoms. The molecule has 2 aliphatic heterocycles. The molecule has 0 saturated carbocycles. The van der Waals surface area contributed by atoms with E-state index in [1.54, 1.807) is 47.0 Å². The minimum Gasteiger partial charge on any atom is -0.315 e. The Balaban J connectivity index is 2.27. The third-order valence-corrected chi connectivity index (χ3v) is 7.87. The lowest BCUT2D eigenvalue weighted by molar-refractivity contribution is 1.01. The van der Waals surface area contributed by atoms with Crippen LogP contribution in [0.25, 0.3) is 8.47 Å². The van der Waals surface area contributed by atoms with Crippen LogP contribution >= 0.6 is 47.0 Å². The van der Waals surface area contributed by atoms with Gasteiger partial charge in [0.2, 0.25) is 0 Å². The summed E-state index contributed by atoms with van der Waals surface area (Å²) in [5.74, 6) is 3.97. The summed E-state index contributed by atoms with van der Waals surface area (Å²) in [7, 11) is 0. The Morgan fingerprint density at radius 3 is 1.33 bits per heavy atom. The smallest absolute Gasteiger partial charge is 0.274 e. The molecule has 4 nitrogen and oxygen atoms in total. The number of hydrogen-bond acceptors (Lipinski definition) is 6. The van der Waals surface area contributed by atoms with Gasteiger partial charge in [-0.05, 0) is 0 Å². The van der Waals surface area contributed by atoms with Crippen molar-refractivity contribution in [2.75, 3.05) is 23.0 Å². The number of hydrogen-bond donors (Lipinski definition) is 2. The summed E-state index contributed by atoms with van der Waals surface area (Å²) in [4.78, 5) is 29.5. The zero-order chi connectivity index (χ0) is 12.5. The summed E-state index contributed by atoms with van der Waals surface area (Å²) >= 11 is 6.51. The van der Waals surface area contributed by atoms with E-state index in [1.807, 2.05) is 0 Å². The third-order valence-electron chi connectivity index (χ3n) is 2.44. The van der Waals surface area contributed by atoms with E-state index in [1.165, 1.54) is 0 Å². The average Bonchev–Trinajstić information content (AvgIpc) is 3.02. The first-order chi connectivity index (χ1) is 8.75. The van der Waals surface area contributed by atoms with Gasteiger partial charge in [0.25, 0.3) is 11.1 Å². The number of rotatable bonds is 0. The van der Waals surface area contributed by atoms with Gasteiger partial charge in [-0.15, -0.1) is 47.0 Å². The highest BCUT2D eigenvalue weighted by molar-refractivity contribution is 8.33. The second-order valence-electron chi connectivity index (χ2n) is 3.63. The molecule has 2 fully saturated rings. The van der Waals surface area contributed by atoms with Crippen LogP contribution in [0.2, 0.25) is 0 Å². The van der Waals surface area contributed by atoms with Gasteiger partial charge in [-0.2, -0.15) is 0 Å². The second-order valence-corrected chi connectivity index (χ2v) is 8.56. The van der Waals surface area contributed by atoms with Gasteiger partial charge in [0, 0.05) is 23.0 Å². The maximum Gasteiger partial charge on any atom is 0.274 e. The molecule has 0 amide bonds. The highest BCUT2D eigenvalue weighted by Gasteiger charge is 2.14. The summed E-state index contributed by atoms with van der Waals surface area (Å²) in [6.45, 7) is 0. The molecule has 2 N–H and O–H groups in total. The van der Waals surface area contributed by atoms with Gasteiger partial charge >= 0.3 is 0 Å². The molecule has 2 aliphatic rings. The molecule has 0 aromatic carbocycles. The van der Waals surface area contributed by atoms with Crippen LogP contribution in [-0.2, 0) is 0 Å². The van der Waals surface area contributed by atoms with Gasteiger partial charge in [-0.1, -0.05) is 0 Å². The van der Waals surface area contributed by atoms with Crippen LogP contribution in [0.15, 0.2) is 9.59 Å². The maximum absolute atomic E-state index is 12.0. The minimum absolute atomic E-state index is 0.192. The van der Waals surface area contributed by atoms with Crippen LogP contribution in [0.4, 0.5) is 0 Å². The van der Waals surface area contributed by atoms with E-state index in [4.69, 9.17) is 0 Å². The van der Waals surface area contributed by atoms with E-state index in [0.717, 1.165) is 31.5 Å². The number of H-pyrrole nitrogens is 2. The van der Waals surface area contributed by atoms with Crippen LogP contribution in [0.1, 0.15) is 0 Å². The maximum atomic E-state index is 12.0. The van der Waals surface area contributed by atoms with Crippen LogP contribution < -0.4 is 21.8 Å². The zero-order valence-electron chi connectivity index (χ0n) is 9.28. The predicted octanol–water partition coefficient (Wildman–Crippen LogP) is 0.155. The lowest BCUT2D eigenvalue weighted by Crippen LogP contribution is -2.47. The molecule has 0 radical (unpaired) electrons. The van der Waals surface area contributed by atoms with Crippen LogP contribution in [0, 0.1) is 0 Å². The minimum atomic E-state index is -0.193. The van der Waals surface area contributed by atoms with E-state index in [9.17, 15) is 9.59 Å². The van der Waals surface area contributed by atoms with Crippen molar-refractivity contribution < 1.29 is 0 Å². The van der Waals surface area contributed by atoms with Crippen molar-refractivity contribution in [1.82, 2.24) is 9.97 Å². The number of nitrogens with one attached hydrogen (secondary N) is 2. The highest BCUT2D eigenvalue weighted by Crippen LogP contribution is 2.36. The van der Waals surface area contributed by atoms with Gasteiger partial charge in [0.15, 0.2) is 0 Å². The molecule has 0 aliphatic carbocycles. The van der Waals surface area contributed by atoms with Crippen molar-refractivity contribution in [2.24, 2.45) is 0 Å². The Kier molecular flexibility index (Phi) is 3.88. The van der Waals surface area contributed by atoms with E-state index < -0.39 is 0 Å². The van der Waals surface area contributed by atoms with Crippen molar-refractivity contribution >= 4 is 55.5 Å². The Morgan fingerprint density at radius 1 is 0.667 bits per heavy atom. The van der Waals surface area contributed by atoms with Gasteiger partial charge in [0.1, 0.15) is 10.7 Å². The Bertz CT molecular complexity index is 628. The summed E-state index contributed by atoms with van der Waals surface area (Å²) in [6.07, 6.45) is 0. The molecular formula is C10H10N2O2S4. The summed E-state index contributed by atoms with van der Waals surface area (Å²) in [5.41, 5.74) is -0.385. The predicted molar refractivity (Wildman–Crippen MR) is 83.6 cm³/mol. The summed E-state index contributed by atoms with van der Waals surface area (Å²) in [6, 6.07) is 0. The number of aromatic nitrogens is 2. The molecule has 3 heterocycles. The van der Waals surface area contributed by atoms with Crippen LogP contribution in [-0.4, -0.2) is 33.0 Å². The standard InChI is InChI=1S/C10H10N2O2S4/c13-7-5(9-15-1-2-16-9)11-8(14)6(12-7)10-17-3-4-18-10/h1-4H2,(H,11,14)(H,12,13). The number of aromatic amines is 2. The summed E-state index contributed by atoms with van der Waals surface area (Å²) in [5, 5.41) is 0.842. The first kappa shape index (κ1) is 12.8. The molecule has 0 atom stereocenters. The average molecular weight is 318 g/mol. The topological polar surface area (TPSA) is 65.7 Å². The van der Waals surface area contributed by atoms with Crippen LogP contribution in [0.3, 0.4) is 0 Å². The lowest BCUT2D eigenvalue weighted by atomic mass is 10.6. The molecule has 1 aromatic heterocycles. The molecular weight excluding hydrogens is 308 g/mol. The van der Waals surface area contributed by atoms with Crippen molar-refractivity contribution in [1.29, 1.82) is 0 Å². The normalized spacial score (nSPS) is 19.8. The molecule has 1 aromatic rings. The van der Waals surface area contributed by atoms with Crippen molar-refractivity contribution in [3.63, 3.8) is 0 Å². The fourth-order valence-electron chi connectivity index (χ4n) is 1.66. The van der Waals surface area contributed by atoms with Crippen molar-refractivity contribution in [3.05, 3.63) is 31.4 Å². The first-order valence-corrected chi connectivity index (χ1v) is 9.32. The van der Waals surface area contributed by atoms with Crippen LogP contribution in [0.5, 0.6) is 0 Å². The van der Waals surface area contributed by atoms with Gasteiger partial charge in [-0.3, -0.25) is 9.59 Å². The molecule has 96 valence electrons. The Hall–Kier alpha value is -0.180. The zero-order valence-corrected chi connectivity index (χ0v) is 12.5. The van der Waals surface area contributed by atoms with E-state index in [0.29, 0.717) is 10.7 Å². The van der Waals surface area contributed by atoms with Crippen molar-refractivity contribution in [2.45, 2.75) is 0 Å². The van der Waals surface area contributed by atoms with Gasteiger partial charge in [0.05, 0.1) is 8.47 Å². The monoisotopic (exact) mass is 318 g/mol. The van der Waals surface area contributed by atoms with E-state index >= 15 is 0 Å². The largest absolute Gasteiger partial charge is 0.315 e. The van der Waals surface area contributed by atoms with Crippen molar-refractivity contribution in [3.8, 4) is 0 Å². The van der Waals surface area contributed by atoms with E-state index in [2.05, 4.69) is 9.97 Å². The molecule has 0 spiro atoms. The molecule has 3 rings (SSSR count). The lowest BCUT2D eigenvalue weighted by Gasteiger charge is -1.96. The molecule has 0 bridgehead atoms. The number of thioether (sulfide) groups is 4. The molecule has 18 heavy (non-hydrogen) atoms. The summed E-state index contributed by atoms with van der Waals surface area (Å²) < 4.78 is 1.85. The second kappa shape index (κ2) is 5.44. The van der Waals surface area contributed by atoms with Gasteiger partial charge in [-0.25, -0.2) is 0 Å². The fraction of sp³-hybridized carbons (Fsp3) is 0.400. The van der Waals surface area contributed by atoms with Gasteiger partial charge < -0.3 is 9.97 Å². The SMILES string of the molecule is O=c1[nH]c(=C2SCCS2)c(=O)[nH]c1=C1SCCS1. The van der Waals surface area contributed by atoms with E-state index in [-0.39, 0.29) is 11.1 Å². The molecule has 0 unspecified atom stereocenters.